The SMILES string of the molecule is O=C(NC(=S)Nc1ccccc1Br)c1cc(Cl)cc(Cl)c1. The molecule has 0 aliphatic heterocycles. The van der Waals surface area contributed by atoms with E-state index in [1.54, 1.807) is 6.07 Å². The van der Waals surface area contributed by atoms with Crippen LogP contribution in [0, 0.1) is 0 Å². The van der Waals surface area contributed by atoms with Crippen LogP contribution in [0.25, 0.3) is 0 Å². The molecular formula is C14H9BrCl2N2OS. The number of carbonyl (C=O) groups excluding carboxylic acids is 1. The van der Waals surface area contributed by atoms with Crippen LogP contribution in [0.15, 0.2) is 46.9 Å². The van der Waals surface area contributed by atoms with Crippen LogP contribution in [0.5, 0.6) is 0 Å². The first-order valence-electron chi connectivity index (χ1n) is 5.78. The zero-order valence-corrected chi connectivity index (χ0v) is 14.4. The van der Waals surface area contributed by atoms with Crippen LogP contribution in [-0.2, 0) is 0 Å². The van der Waals surface area contributed by atoms with Gasteiger partial charge in [0.2, 0.25) is 0 Å². The Balaban J connectivity index is 2.06. The van der Waals surface area contributed by atoms with E-state index in [2.05, 4.69) is 26.6 Å². The number of halogens is 3. The summed E-state index contributed by atoms with van der Waals surface area (Å²) in [6.45, 7) is 0. The second kappa shape index (κ2) is 7.22. The van der Waals surface area contributed by atoms with Crippen LogP contribution in [0.2, 0.25) is 10.0 Å². The van der Waals surface area contributed by atoms with Crippen LogP contribution in [0.4, 0.5) is 5.69 Å². The Kier molecular flexibility index (Phi) is 5.58. The molecule has 0 fully saturated rings. The molecule has 3 nitrogen and oxygen atoms in total. The highest BCUT2D eigenvalue weighted by molar-refractivity contribution is 9.10. The first kappa shape index (κ1) is 16.2. The van der Waals surface area contributed by atoms with Gasteiger partial charge in [-0.3, -0.25) is 10.1 Å². The minimum Gasteiger partial charge on any atom is -0.331 e. The van der Waals surface area contributed by atoms with Crippen LogP contribution < -0.4 is 10.6 Å². The highest BCUT2D eigenvalue weighted by Crippen LogP contribution is 2.21. The van der Waals surface area contributed by atoms with Crippen LogP contribution in [0.1, 0.15) is 10.4 Å². The Morgan fingerprint density at radius 2 is 1.71 bits per heavy atom. The normalized spacial score (nSPS) is 10.0. The van der Waals surface area contributed by atoms with E-state index < -0.39 is 0 Å². The van der Waals surface area contributed by atoms with Crippen molar-refractivity contribution in [1.29, 1.82) is 0 Å². The number of para-hydroxylation sites is 1. The molecule has 0 bridgehead atoms. The van der Waals surface area contributed by atoms with Gasteiger partial charge >= 0.3 is 0 Å². The fourth-order valence-corrected chi connectivity index (χ4v) is 2.69. The molecule has 108 valence electrons. The topological polar surface area (TPSA) is 41.1 Å². The molecule has 1 amide bonds. The largest absolute Gasteiger partial charge is 0.331 e. The first-order valence-corrected chi connectivity index (χ1v) is 7.74. The average Bonchev–Trinajstić information content (AvgIpc) is 2.40. The third-order valence-corrected chi connectivity index (χ3v) is 3.81. The van der Waals surface area contributed by atoms with Crippen molar-refractivity contribution in [1.82, 2.24) is 5.32 Å². The lowest BCUT2D eigenvalue weighted by atomic mass is 10.2. The van der Waals surface area contributed by atoms with Gasteiger partial charge < -0.3 is 5.32 Å². The molecule has 7 heteroatoms. The minimum absolute atomic E-state index is 0.183. The summed E-state index contributed by atoms with van der Waals surface area (Å²) in [5, 5.41) is 6.45. The summed E-state index contributed by atoms with van der Waals surface area (Å²) in [6, 6.07) is 12.0. The summed E-state index contributed by atoms with van der Waals surface area (Å²) in [5.41, 5.74) is 1.09. The molecule has 0 atom stereocenters. The van der Waals surface area contributed by atoms with Gasteiger partial charge in [0.1, 0.15) is 0 Å². The van der Waals surface area contributed by atoms with Crippen molar-refractivity contribution in [2.75, 3.05) is 5.32 Å². The number of amides is 1. The lowest BCUT2D eigenvalue weighted by molar-refractivity contribution is 0.0977. The number of anilines is 1. The zero-order valence-electron chi connectivity index (χ0n) is 10.5. The minimum atomic E-state index is -0.385. The fourth-order valence-electron chi connectivity index (χ4n) is 1.58. The molecule has 0 saturated carbocycles. The van der Waals surface area contributed by atoms with E-state index >= 15 is 0 Å². The number of hydrogen-bond acceptors (Lipinski definition) is 2. The summed E-state index contributed by atoms with van der Waals surface area (Å²) in [7, 11) is 0. The number of carbonyl (C=O) groups is 1. The molecule has 0 aliphatic carbocycles. The summed E-state index contributed by atoms with van der Waals surface area (Å²) >= 11 is 20.2. The summed E-state index contributed by atoms with van der Waals surface area (Å²) in [6.07, 6.45) is 0. The maximum atomic E-state index is 12.1. The molecule has 0 aliphatic rings. The highest BCUT2D eigenvalue weighted by Gasteiger charge is 2.10. The van der Waals surface area contributed by atoms with E-state index in [1.165, 1.54) is 12.1 Å². The second-order valence-electron chi connectivity index (χ2n) is 4.05. The molecule has 0 unspecified atom stereocenters. The fraction of sp³-hybridized carbons (Fsp3) is 0. The molecular weight excluding hydrogens is 395 g/mol. The number of rotatable bonds is 2. The monoisotopic (exact) mass is 402 g/mol. The molecule has 0 saturated heterocycles. The average molecular weight is 404 g/mol. The Labute approximate surface area is 145 Å². The number of hydrogen-bond donors (Lipinski definition) is 2. The van der Waals surface area contributed by atoms with Gasteiger partial charge in [-0.05, 0) is 58.5 Å². The van der Waals surface area contributed by atoms with Crippen molar-refractivity contribution in [3.8, 4) is 0 Å². The van der Waals surface area contributed by atoms with E-state index in [-0.39, 0.29) is 11.0 Å². The lowest BCUT2D eigenvalue weighted by Gasteiger charge is -2.11. The molecule has 2 aromatic rings. The molecule has 0 aromatic heterocycles. The van der Waals surface area contributed by atoms with Gasteiger partial charge in [0, 0.05) is 20.1 Å². The standard InChI is InChI=1S/C14H9BrCl2N2OS/c15-11-3-1-2-4-12(11)18-14(21)19-13(20)8-5-9(16)7-10(17)6-8/h1-7H,(H2,18,19,20,21). The quantitative estimate of drug-likeness (QED) is 0.702. The molecule has 0 heterocycles. The van der Waals surface area contributed by atoms with E-state index in [4.69, 9.17) is 35.4 Å². The summed E-state index contributed by atoms with van der Waals surface area (Å²) in [5.74, 6) is -0.385. The van der Waals surface area contributed by atoms with Crippen LogP contribution in [0.3, 0.4) is 0 Å². The van der Waals surface area contributed by atoms with Crippen molar-refractivity contribution >= 4 is 68.1 Å². The highest BCUT2D eigenvalue weighted by atomic mass is 79.9. The van der Waals surface area contributed by atoms with Gasteiger partial charge in [-0.15, -0.1) is 0 Å². The summed E-state index contributed by atoms with van der Waals surface area (Å²) < 4.78 is 0.840. The number of thiocarbonyl (C=S) groups is 1. The molecule has 0 radical (unpaired) electrons. The van der Waals surface area contributed by atoms with Crippen LogP contribution >= 0.6 is 51.3 Å². The van der Waals surface area contributed by atoms with Crippen LogP contribution in [-0.4, -0.2) is 11.0 Å². The van der Waals surface area contributed by atoms with Crippen molar-refractivity contribution in [2.45, 2.75) is 0 Å². The lowest BCUT2D eigenvalue weighted by Crippen LogP contribution is -2.34. The first-order chi connectivity index (χ1) is 9.95. The van der Waals surface area contributed by atoms with Gasteiger partial charge in [-0.1, -0.05) is 35.3 Å². The van der Waals surface area contributed by atoms with E-state index in [9.17, 15) is 4.79 Å². The maximum Gasteiger partial charge on any atom is 0.257 e. The Morgan fingerprint density at radius 1 is 1.10 bits per heavy atom. The van der Waals surface area contributed by atoms with Gasteiger partial charge in [0.15, 0.2) is 5.11 Å². The Hall–Kier alpha value is -1.14. The third kappa shape index (κ3) is 4.68. The number of nitrogens with one attached hydrogen (secondary N) is 2. The second-order valence-corrected chi connectivity index (χ2v) is 6.18. The number of benzene rings is 2. The third-order valence-electron chi connectivity index (χ3n) is 2.47. The van der Waals surface area contributed by atoms with Gasteiger partial charge in [0.05, 0.1) is 5.69 Å². The van der Waals surface area contributed by atoms with E-state index in [1.807, 2.05) is 24.3 Å². The van der Waals surface area contributed by atoms with Crippen molar-refractivity contribution in [2.24, 2.45) is 0 Å². The van der Waals surface area contributed by atoms with Crippen molar-refractivity contribution < 1.29 is 4.79 Å². The van der Waals surface area contributed by atoms with Gasteiger partial charge in [-0.2, -0.15) is 0 Å². The summed E-state index contributed by atoms with van der Waals surface area (Å²) in [4.78, 5) is 12.1. The molecule has 0 spiro atoms. The maximum absolute atomic E-state index is 12.1. The van der Waals surface area contributed by atoms with E-state index in [0.29, 0.717) is 15.6 Å². The predicted molar refractivity (Wildman–Crippen MR) is 94.3 cm³/mol. The molecule has 21 heavy (non-hydrogen) atoms. The van der Waals surface area contributed by atoms with Crippen molar-refractivity contribution in [3.05, 3.63) is 62.5 Å². The van der Waals surface area contributed by atoms with E-state index in [0.717, 1.165) is 10.2 Å². The zero-order chi connectivity index (χ0) is 15.4. The van der Waals surface area contributed by atoms with Gasteiger partial charge in [0.25, 0.3) is 5.91 Å². The molecule has 2 rings (SSSR count). The predicted octanol–water partition coefficient (Wildman–Crippen LogP) is 4.88. The Morgan fingerprint density at radius 3 is 2.33 bits per heavy atom. The Bertz CT molecular complexity index is 689. The molecule has 2 N–H and O–H groups in total. The smallest absolute Gasteiger partial charge is 0.257 e. The molecule has 2 aromatic carbocycles. The van der Waals surface area contributed by atoms with Gasteiger partial charge in [-0.25, -0.2) is 0 Å². The van der Waals surface area contributed by atoms with Crippen molar-refractivity contribution in [3.63, 3.8) is 0 Å².